The molecular formula is C16H27FN2O. The van der Waals surface area contributed by atoms with E-state index in [0.29, 0.717) is 5.92 Å². The summed E-state index contributed by atoms with van der Waals surface area (Å²) < 4.78 is 18.5. The monoisotopic (exact) mass is 282 g/mol. The Bertz CT molecular complexity index is 398. The molecule has 1 aromatic carbocycles. The molecule has 2 unspecified atom stereocenters. The highest BCUT2D eigenvalue weighted by molar-refractivity contribution is 5.32. The summed E-state index contributed by atoms with van der Waals surface area (Å²) in [5.74, 6) is 6.24. The average molecular weight is 282 g/mol. The van der Waals surface area contributed by atoms with Crippen molar-refractivity contribution in [3.05, 3.63) is 29.6 Å². The predicted octanol–water partition coefficient (Wildman–Crippen LogP) is 3.95. The summed E-state index contributed by atoms with van der Waals surface area (Å²) >= 11 is 0. The second-order valence-electron chi connectivity index (χ2n) is 5.27. The molecule has 0 fully saturated rings. The van der Waals surface area contributed by atoms with Crippen LogP contribution < -0.4 is 16.0 Å². The first kappa shape index (κ1) is 16.9. The average Bonchev–Trinajstić information content (AvgIpc) is 2.48. The smallest absolute Gasteiger partial charge is 0.165 e. The number of ether oxygens (including phenoxy) is 1. The summed E-state index contributed by atoms with van der Waals surface area (Å²) in [6.07, 6.45) is 5.76. The Kier molecular flexibility index (Phi) is 7.55. The van der Waals surface area contributed by atoms with Crippen molar-refractivity contribution >= 4 is 0 Å². The summed E-state index contributed by atoms with van der Waals surface area (Å²) in [7, 11) is 1.48. The van der Waals surface area contributed by atoms with Gasteiger partial charge in [-0.25, -0.2) is 4.39 Å². The fourth-order valence-corrected chi connectivity index (χ4v) is 2.51. The van der Waals surface area contributed by atoms with Gasteiger partial charge in [0.1, 0.15) is 0 Å². The minimum atomic E-state index is -0.343. The van der Waals surface area contributed by atoms with E-state index < -0.39 is 0 Å². The van der Waals surface area contributed by atoms with Gasteiger partial charge in [0, 0.05) is 6.04 Å². The standard InChI is InChI=1S/C16H27FN2O/c1-4-6-7-12(5-2)10-15(19-18)13-8-9-14(17)16(11-13)20-3/h8-9,11-12,15,19H,4-7,10,18H2,1-3H3. The van der Waals surface area contributed by atoms with Gasteiger partial charge in [0.25, 0.3) is 0 Å². The lowest BCUT2D eigenvalue weighted by Crippen LogP contribution is -2.29. The summed E-state index contributed by atoms with van der Waals surface area (Å²) in [6, 6.07) is 4.97. The van der Waals surface area contributed by atoms with Crippen molar-refractivity contribution in [3.63, 3.8) is 0 Å². The summed E-state index contributed by atoms with van der Waals surface area (Å²) in [6.45, 7) is 4.41. The number of hydrogen-bond acceptors (Lipinski definition) is 3. The molecule has 4 heteroatoms. The molecule has 0 aliphatic rings. The van der Waals surface area contributed by atoms with Crippen LogP contribution in [0.4, 0.5) is 4.39 Å². The lowest BCUT2D eigenvalue weighted by atomic mass is 9.89. The Hall–Kier alpha value is -1.13. The van der Waals surface area contributed by atoms with Gasteiger partial charge >= 0.3 is 0 Å². The third kappa shape index (κ3) is 4.76. The Balaban J connectivity index is 2.78. The Morgan fingerprint density at radius 3 is 2.65 bits per heavy atom. The molecule has 20 heavy (non-hydrogen) atoms. The normalized spacial score (nSPS) is 14.1. The molecule has 0 saturated carbocycles. The highest BCUT2D eigenvalue weighted by atomic mass is 19.1. The second kappa shape index (κ2) is 8.93. The van der Waals surface area contributed by atoms with E-state index in [9.17, 15) is 4.39 Å². The first-order chi connectivity index (χ1) is 9.65. The van der Waals surface area contributed by atoms with Crippen molar-refractivity contribution in [1.29, 1.82) is 0 Å². The van der Waals surface area contributed by atoms with Crippen molar-refractivity contribution < 1.29 is 9.13 Å². The van der Waals surface area contributed by atoms with Crippen LogP contribution in [0, 0.1) is 11.7 Å². The van der Waals surface area contributed by atoms with Gasteiger partial charge < -0.3 is 4.74 Å². The SMILES string of the molecule is CCCCC(CC)CC(NN)c1ccc(F)c(OC)c1. The molecule has 0 heterocycles. The molecule has 3 N–H and O–H groups in total. The van der Waals surface area contributed by atoms with Crippen molar-refractivity contribution in [2.75, 3.05) is 7.11 Å². The van der Waals surface area contributed by atoms with Gasteiger partial charge in [0.15, 0.2) is 11.6 Å². The molecule has 114 valence electrons. The van der Waals surface area contributed by atoms with Gasteiger partial charge in [0.2, 0.25) is 0 Å². The molecule has 0 saturated heterocycles. The van der Waals surface area contributed by atoms with Gasteiger partial charge in [-0.3, -0.25) is 11.3 Å². The minimum Gasteiger partial charge on any atom is -0.494 e. The van der Waals surface area contributed by atoms with Crippen LogP contribution in [-0.4, -0.2) is 7.11 Å². The van der Waals surface area contributed by atoms with Gasteiger partial charge in [-0.05, 0) is 30.0 Å². The summed E-state index contributed by atoms with van der Waals surface area (Å²) in [5, 5.41) is 0. The maximum absolute atomic E-state index is 13.5. The van der Waals surface area contributed by atoms with Gasteiger partial charge in [-0.15, -0.1) is 0 Å². The topological polar surface area (TPSA) is 47.3 Å². The van der Waals surface area contributed by atoms with Crippen molar-refractivity contribution in [2.24, 2.45) is 11.8 Å². The van der Waals surface area contributed by atoms with Crippen molar-refractivity contribution in [2.45, 2.75) is 52.0 Å². The van der Waals surface area contributed by atoms with E-state index in [1.54, 1.807) is 12.1 Å². The van der Waals surface area contributed by atoms with Crippen LogP contribution in [0.2, 0.25) is 0 Å². The number of benzene rings is 1. The van der Waals surface area contributed by atoms with E-state index in [-0.39, 0.29) is 17.6 Å². The van der Waals surface area contributed by atoms with Gasteiger partial charge in [0.05, 0.1) is 7.11 Å². The highest BCUT2D eigenvalue weighted by Crippen LogP contribution is 2.29. The summed E-state index contributed by atoms with van der Waals surface area (Å²) in [5.41, 5.74) is 3.83. The van der Waals surface area contributed by atoms with E-state index in [1.807, 2.05) is 0 Å². The zero-order chi connectivity index (χ0) is 15.0. The Morgan fingerprint density at radius 2 is 2.10 bits per heavy atom. The quantitative estimate of drug-likeness (QED) is 0.532. The number of hydrazine groups is 1. The number of unbranched alkanes of at least 4 members (excludes halogenated alkanes) is 1. The molecule has 0 amide bonds. The van der Waals surface area contributed by atoms with E-state index >= 15 is 0 Å². The van der Waals surface area contributed by atoms with E-state index in [0.717, 1.165) is 18.4 Å². The number of halogens is 1. The first-order valence-electron chi connectivity index (χ1n) is 7.45. The van der Waals surface area contributed by atoms with E-state index in [2.05, 4.69) is 19.3 Å². The van der Waals surface area contributed by atoms with Crippen LogP contribution in [0.15, 0.2) is 18.2 Å². The molecule has 2 atom stereocenters. The number of nitrogens with one attached hydrogen (secondary N) is 1. The van der Waals surface area contributed by atoms with Crippen molar-refractivity contribution in [3.8, 4) is 5.75 Å². The molecule has 1 rings (SSSR count). The molecule has 0 aromatic heterocycles. The van der Waals surface area contributed by atoms with Gasteiger partial charge in [-0.1, -0.05) is 45.6 Å². The van der Waals surface area contributed by atoms with E-state index in [4.69, 9.17) is 10.6 Å². The minimum absolute atomic E-state index is 0.0336. The summed E-state index contributed by atoms with van der Waals surface area (Å²) in [4.78, 5) is 0. The third-order valence-corrected chi connectivity index (χ3v) is 3.89. The largest absolute Gasteiger partial charge is 0.494 e. The fraction of sp³-hybridized carbons (Fsp3) is 0.625. The maximum atomic E-state index is 13.5. The van der Waals surface area contributed by atoms with Gasteiger partial charge in [-0.2, -0.15) is 0 Å². The first-order valence-corrected chi connectivity index (χ1v) is 7.45. The number of nitrogens with two attached hydrogens (primary N) is 1. The molecule has 3 nitrogen and oxygen atoms in total. The van der Waals surface area contributed by atoms with Crippen LogP contribution in [0.5, 0.6) is 5.75 Å². The highest BCUT2D eigenvalue weighted by Gasteiger charge is 2.17. The number of methoxy groups -OCH3 is 1. The lowest BCUT2D eigenvalue weighted by molar-refractivity contribution is 0.352. The lowest BCUT2D eigenvalue weighted by Gasteiger charge is -2.23. The third-order valence-electron chi connectivity index (χ3n) is 3.89. The molecule has 0 aliphatic carbocycles. The van der Waals surface area contributed by atoms with Crippen LogP contribution in [0.25, 0.3) is 0 Å². The van der Waals surface area contributed by atoms with Crippen LogP contribution >= 0.6 is 0 Å². The van der Waals surface area contributed by atoms with E-state index in [1.165, 1.54) is 32.4 Å². The van der Waals surface area contributed by atoms with Crippen LogP contribution in [0.3, 0.4) is 0 Å². The molecule has 0 aliphatic heterocycles. The molecule has 0 bridgehead atoms. The second-order valence-corrected chi connectivity index (χ2v) is 5.27. The number of hydrogen-bond donors (Lipinski definition) is 2. The fourth-order valence-electron chi connectivity index (χ4n) is 2.51. The Labute approximate surface area is 121 Å². The molecule has 0 radical (unpaired) electrons. The molecule has 0 spiro atoms. The number of rotatable bonds is 9. The molecule has 1 aromatic rings. The van der Waals surface area contributed by atoms with Crippen LogP contribution in [-0.2, 0) is 0 Å². The zero-order valence-electron chi connectivity index (χ0n) is 12.8. The zero-order valence-corrected chi connectivity index (χ0v) is 12.8. The maximum Gasteiger partial charge on any atom is 0.165 e. The predicted molar refractivity (Wildman–Crippen MR) is 80.9 cm³/mol. The van der Waals surface area contributed by atoms with Crippen molar-refractivity contribution in [1.82, 2.24) is 5.43 Å². The Morgan fingerprint density at radius 1 is 1.35 bits per heavy atom. The molecular weight excluding hydrogens is 255 g/mol. The van der Waals surface area contributed by atoms with Crippen LogP contribution in [0.1, 0.15) is 57.6 Å².